The SMILES string of the molecule is CC1(C)CN(C(=O)c2ccccc2C(=O)O)CC(C)(C)O1. The molecule has 21 heavy (non-hydrogen) atoms. The fraction of sp³-hybridized carbons (Fsp3) is 0.500. The van der Waals surface area contributed by atoms with Gasteiger partial charge in [-0.05, 0) is 39.8 Å². The number of carbonyl (C=O) groups excluding carboxylic acids is 1. The van der Waals surface area contributed by atoms with Crippen molar-refractivity contribution in [1.29, 1.82) is 0 Å². The van der Waals surface area contributed by atoms with Gasteiger partial charge in [-0.25, -0.2) is 4.79 Å². The van der Waals surface area contributed by atoms with Gasteiger partial charge >= 0.3 is 5.97 Å². The van der Waals surface area contributed by atoms with Gasteiger partial charge in [-0.1, -0.05) is 12.1 Å². The highest BCUT2D eigenvalue weighted by Crippen LogP contribution is 2.29. The lowest BCUT2D eigenvalue weighted by Gasteiger charge is -2.47. The van der Waals surface area contributed by atoms with E-state index in [1.807, 2.05) is 27.7 Å². The molecule has 2 rings (SSSR count). The molecule has 1 aromatic carbocycles. The first-order valence-electron chi connectivity index (χ1n) is 6.93. The van der Waals surface area contributed by atoms with Crippen molar-refractivity contribution < 1.29 is 19.4 Å². The zero-order chi connectivity index (χ0) is 15.8. The fourth-order valence-corrected chi connectivity index (χ4v) is 2.96. The maximum atomic E-state index is 12.7. The van der Waals surface area contributed by atoms with Gasteiger partial charge in [0.05, 0.1) is 22.3 Å². The number of aromatic carboxylic acids is 1. The second-order valence-electron chi connectivity index (χ2n) is 6.63. The lowest BCUT2D eigenvalue weighted by atomic mass is 9.97. The van der Waals surface area contributed by atoms with Gasteiger partial charge in [0.25, 0.3) is 5.91 Å². The summed E-state index contributed by atoms with van der Waals surface area (Å²) in [7, 11) is 0. The summed E-state index contributed by atoms with van der Waals surface area (Å²) < 4.78 is 5.94. The Kier molecular flexibility index (Phi) is 3.80. The molecule has 5 heteroatoms. The Morgan fingerprint density at radius 1 is 1.05 bits per heavy atom. The highest BCUT2D eigenvalue weighted by molar-refractivity contribution is 6.04. The van der Waals surface area contributed by atoms with E-state index in [2.05, 4.69) is 0 Å². The third-order valence-corrected chi connectivity index (χ3v) is 3.37. The third-order valence-electron chi connectivity index (χ3n) is 3.37. The summed E-state index contributed by atoms with van der Waals surface area (Å²) in [5, 5.41) is 9.22. The second kappa shape index (κ2) is 5.15. The van der Waals surface area contributed by atoms with E-state index in [0.29, 0.717) is 13.1 Å². The molecular formula is C16H21NO4. The van der Waals surface area contributed by atoms with Gasteiger partial charge in [-0.2, -0.15) is 0 Å². The van der Waals surface area contributed by atoms with Crippen LogP contribution in [0.1, 0.15) is 48.4 Å². The maximum absolute atomic E-state index is 12.7. The Bertz CT molecular complexity index is 561. The summed E-state index contributed by atoms with van der Waals surface area (Å²) in [6.07, 6.45) is 0. The van der Waals surface area contributed by atoms with E-state index in [1.54, 1.807) is 23.1 Å². The average molecular weight is 291 g/mol. The van der Waals surface area contributed by atoms with Crippen LogP contribution in [0.25, 0.3) is 0 Å². The summed E-state index contributed by atoms with van der Waals surface area (Å²) in [5.74, 6) is -1.36. The van der Waals surface area contributed by atoms with Gasteiger partial charge in [0, 0.05) is 13.1 Å². The van der Waals surface area contributed by atoms with Crippen LogP contribution in [0.4, 0.5) is 0 Å². The number of carboxylic acids is 1. The Labute approximate surface area is 124 Å². The van der Waals surface area contributed by atoms with Crippen LogP contribution in [0.2, 0.25) is 0 Å². The quantitative estimate of drug-likeness (QED) is 0.908. The van der Waals surface area contributed by atoms with Crippen molar-refractivity contribution in [2.45, 2.75) is 38.9 Å². The number of carboxylic acid groups (broad SMARTS) is 1. The van der Waals surface area contributed by atoms with Crippen LogP contribution in [0.3, 0.4) is 0 Å². The monoisotopic (exact) mass is 291 g/mol. The Balaban J connectivity index is 2.34. The summed E-state index contributed by atoms with van der Waals surface area (Å²) >= 11 is 0. The van der Waals surface area contributed by atoms with Crippen molar-refractivity contribution >= 4 is 11.9 Å². The van der Waals surface area contributed by atoms with Crippen molar-refractivity contribution in [1.82, 2.24) is 4.90 Å². The molecule has 1 amide bonds. The molecule has 0 unspecified atom stereocenters. The number of amides is 1. The number of rotatable bonds is 2. The molecule has 0 aliphatic carbocycles. The van der Waals surface area contributed by atoms with Gasteiger partial charge in [0.2, 0.25) is 0 Å². The topological polar surface area (TPSA) is 66.8 Å². The van der Waals surface area contributed by atoms with Crippen LogP contribution >= 0.6 is 0 Å². The first kappa shape index (κ1) is 15.5. The van der Waals surface area contributed by atoms with Crippen LogP contribution in [-0.4, -0.2) is 46.2 Å². The van der Waals surface area contributed by atoms with Gasteiger partial charge < -0.3 is 14.7 Å². The molecule has 0 bridgehead atoms. The number of benzene rings is 1. The molecular weight excluding hydrogens is 270 g/mol. The van der Waals surface area contributed by atoms with Gasteiger partial charge in [-0.3, -0.25) is 4.79 Å². The number of ether oxygens (including phenoxy) is 1. The standard InChI is InChI=1S/C16H21NO4/c1-15(2)9-17(10-16(3,4)21-15)13(18)11-7-5-6-8-12(11)14(19)20/h5-8H,9-10H2,1-4H3,(H,19,20). The van der Waals surface area contributed by atoms with E-state index in [0.717, 1.165) is 0 Å². The number of hydrogen-bond donors (Lipinski definition) is 1. The molecule has 1 aliphatic heterocycles. The highest BCUT2D eigenvalue weighted by atomic mass is 16.5. The molecule has 1 aromatic rings. The van der Waals surface area contributed by atoms with E-state index in [-0.39, 0.29) is 17.0 Å². The normalized spacial score (nSPS) is 20.1. The minimum Gasteiger partial charge on any atom is -0.478 e. The molecule has 114 valence electrons. The number of morpholine rings is 1. The van der Waals surface area contributed by atoms with Crippen LogP contribution in [0.5, 0.6) is 0 Å². The van der Waals surface area contributed by atoms with Gasteiger partial charge in [-0.15, -0.1) is 0 Å². The second-order valence-corrected chi connectivity index (χ2v) is 6.63. The number of hydrogen-bond acceptors (Lipinski definition) is 3. The van der Waals surface area contributed by atoms with Crippen LogP contribution in [-0.2, 0) is 4.74 Å². The maximum Gasteiger partial charge on any atom is 0.336 e. The van der Waals surface area contributed by atoms with Gasteiger partial charge in [0.15, 0.2) is 0 Å². The minimum atomic E-state index is -1.09. The predicted octanol–water partition coefficient (Wildman–Crippen LogP) is 2.41. The molecule has 0 radical (unpaired) electrons. The molecule has 1 heterocycles. The van der Waals surface area contributed by atoms with Crippen molar-refractivity contribution in [3.63, 3.8) is 0 Å². The molecule has 5 nitrogen and oxygen atoms in total. The molecule has 0 aromatic heterocycles. The zero-order valence-electron chi connectivity index (χ0n) is 12.8. The minimum absolute atomic E-state index is 0.0320. The smallest absolute Gasteiger partial charge is 0.336 e. The van der Waals surface area contributed by atoms with Crippen molar-refractivity contribution in [3.05, 3.63) is 35.4 Å². The van der Waals surface area contributed by atoms with Crippen LogP contribution in [0, 0.1) is 0 Å². The summed E-state index contributed by atoms with van der Waals surface area (Å²) in [6.45, 7) is 8.58. The summed E-state index contributed by atoms with van der Waals surface area (Å²) in [4.78, 5) is 25.6. The largest absolute Gasteiger partial charge is 0.478 e. The lowest BCUT2D eigenvalue weighted by Crippen LogP contribution is -2.58. The zero-order valence-corrected chi connectivity index (χ0v) is 12.8. The summed E-state index contributed by atoms with van der Waals surface area (Å²) in [5.41, 5.74) is -0.673. The Morgan fingerprint density at radius 3 is 2.00 bits per heavy atom. The Morgan fingerprint density at radius 2 is 1.52 bits per heavy atom. The lowest BCUT2D eigenvalue weighted by molar-refractivity contribution is -0.171. The molecule has 1 fully saturated rings. The van der Waals surface area contributed by atoms with E-state index in [9.17, 15) is 14.7 Å². The predicted molar refractivity (Wildman–Crippen MR) is 78.5 cm³/mol. The number of carbonyl (C=O) groups is 2. The van der Waals surface area contributed by atoms with Crippen molar-refractivity contribution in [3.8, 4) is 0 Å². The molecule has 0 spiro atoms. The third kappa shape index (κ3) is 3.42. The first-order valence-corrected chi connectivity index (χ1v) is 6.93. The van der Waals surface area contributed by atoms with Crippen molar-refractivity contribution in [2.24, 2.45) is 0 Å². The highest BCUT2D eigenvalue weighted by Gasteiger charge is 2.40. The summed E-state index contributed by atoms with van der Waals surface area (Å²) in [6, 6.07) is 6.30. The van der Waals surface area contributed by atoms with E-state index in [1.165, 1.54) is 6.07 Å². The number of nitrogens with zero attached hydrogens (tertiary/aromatic N) is 1. The van der Waals surface area contributed by atoms with E-state index >= 15 is 0 Å². The molecule has 1 saturated heterocycles. The Hall–Kier alpha value is -1.88. The van der Waals surface area contributed by atoms with E-state index < -0.39 is 17.2 Å². The van der Waals surface area contributed by atoms with Crippen molar-refractivity contribution in [2.75, 3.05) is 13.1 Å². The molecule has 1 aliphatic rings. The van der Waals surface area contributed by atoms with Gasteiger partial charge in [0.1, 0.15) is 0 Å². The van der Waals surface area contributed by atoms with E-state index in [4.69, 9.17) is 4.74 Å². The van der Waals surface area contributed by atoms with Crippen LogP contribution < -0.4 is 0 Å². The molecule has 1 N–H and O–H groups in total. The first-order chi connectivity index (χ1) is 9.61. The van der Waals surface area contributed by atoms with Crippen LogP contribution in [0.15, 0.2) is 24.3 Å². The molecule has 0 saturated carbocycles. The fourth-order valence-electron chi connectivity index (χ4n) is 2.96. The average Bonchev–Trinajstić information content (AvgIpc) is 2.34. The molecule has 0 atom stereocenters.